The minimum atomic E-state index is -4.32. The number of carbonyl (C=O) groups excluding carboxylic acids is 2. The second-order valence-electron chi connectivity index (χ2n) is 7.32. The lowest BCUT2D eigenvalue weighted by Gasteiger charge is -2.24. The van der Waals surface area contributed by atoms with Gasteiger partial charge >= 0.3 is 19.8 Å². The molecule has 0 saturated carbocycles. The molecule has 0 amide bonds. The Morgan fingerprint density at radius 3 is 2.11 bits per heavy atom. The molecular weight excluding hydrogens is 389 g/mol. The van der Waals surface area contributed by atoms with Crippen LogP contribution in [0.4, 0.5) is 0 Å². The lowest BCUT2D eigenvalue weighted by Crippen LogP contribution is -2.37. The average molecular weight is 424 g/mol. The van der Waals surface area contributed by atoms with Crippen molar-refractivity contribution in [2.24, 2.45) is 0 Å². The van der Waals surface area contributed by atoms with E-state index in [9.17, 15) is 19.0 Å². The van der Waals surface area contributed by atoms with E-state index in [-0.39, 0.29) is 26.1 Å². The predicted octanol–water partition coefficient (Wildman–Crippen LogP) is 2.29. The van der Waals surface area contributed by atoms with E-state index in [0.29, 0.717) is 36.7 Å². The molecule has 0 saturated heterocycles. The molecule has 9 nitrogen and oxygen atoms in total. The molecule has 166 valence electrons. The minimum Gasteiger partial charge on any atom is -0.462 e. The van der Waals surface area contributed by atoms with Crippen LogP contribution in [0.5, 0.6) is 0 Å². The number of phosphoric acid groups is 1. The van der Waals surface area contributed by atoms with E-state index in [1.807, 2.05) is 21.1 Å². The Morgan fingerprint density at radius 1 is 1.00 bits per heavy atom. The number of ether oxygens (including phenoxy) is 2. The van der Waals surface area contributed by atoms with Gasteiger partial charge in [-0.05, 0) is 0 Å². The van der Waals surface area contributed by atoms with Crippen molar-refractivity contribution < 1.29 is 42.1 Å². The van der Waals surface area contributed by atoms with Crippen molar-refractivity contribution in [2.75, 3.05) is 47.5 Å². The summed E-state index contributed by atoms with van der Waals surface area (Å²) in [5.74, 6) is -0.987. The van der Waals surface area contributed by atoms with Gasteiger partial charge in [-0.2, -0.15) is 12.8 Å². The number of esters is 2. The lowest BCUT2D eigenvalue weighted by atomic mass is 10.2. The van der Waals surface area contributed by atoms with Gasteiger partial charge in [0.2, 0.25) is 0 Å². The van der Waals surface area contributed by atoms with Crippen LogP contribution < -0.4 is 0 Å². The molecule has 0 aliphatic rings. The van der Waals surface area contributed by atoms with Crippen LogP contribution in [0.1, 0.15) is 38.5 Å². The molecule has 0 aromatic carbocycles. The summed E-state index contributed by atoms with van der Waals surface area (Å²) in [7, 11) is 1.42. The first-order chi connectivity index (χ1) is 13.0. The van der Waals surface area contributed by atoms with Gasteiger partial charge < -0.3 is 32.7 Å². The van der Waals surface area contributed by atoms with Crippen LogP contribution >= 0.6 is 7.82 Å². The highest BCUT2D eigenvalue weighted by molar-refractivity contribution is 7.47. The molecule has 0 aromatic rings. The van der Waals surface area contributed by atoms with Crippen LogP contribution in [0.15, 0.2) is 0 Å². The zero-order valence-corrected chi connectivity index (χ0v) is 18.2. The smallest absolute Gasteiger partial charge is 0.462 e. The molecule has 1 unspecified atom stereocenters. The first-order valence-corrected chi connectivity index (χ1v) is 10.8. The number of hydrogen-bond donors (Lipinski definition) is 1. The molecule has 0 spiro atoms. The average Bonchev–Trinajstić information content (AvgIpc) is 2.59. The molecule has 0 bridgehead atoms. The lowest BCUT2D eigenvalue weighted by molar-refractivity contribution is -0.870. The summed E-state index contributed by atoms with van der Waals surface area (Å²) in [6.07, 6.45) is 1.62. The second kappa shape index (κ2) is 14.1. The topological polar surface area (TPSA) is 108 Å². The SMILES string of the molecule is [CH2-]CCCC(=O)OC[C@H](COP(=O)(O)OCC[N+](C)(C)C)OC(=O)CCC[CH2-]. The van der Waals surface area contributed by atoms with Crippen molar-refractivity contribution in [1.29, 1.82) is 0 Å². The number of rotatable bonds is 16. The van der Waals surface area contributed by atoms with Gasteiger partial charge in [-0.25, -0.2) is 4.57 Å². The third kappa shape index (κ3) is 16.0. The van der Waals surface area contributed by atoms with Gasteiger partial charge in [0.05, 0.1) is 27.7 Å². The van der Waals surface area contributed by atoms with E-state index in [1.54, 1.807) is 0 Å². The Hall–Kier alpha value is -0.990. The highest BCUT2D eigenvalue weighted by Crippen LogP contribution is 2.43. The number of nitrogens with zero attached hydrogens (tertiary/aromatic N) is 1. The quantitative estimate of drug-likeness (QED) is 0.174. The maximum absolute atomic E-state index is 12.0. The molecule has 0 aromatic heterocycles. The Kier molecular flexibility index (Phi) is 13.6. The number of carbonyl (C=O) groups is 2. The van der Waals surface area contributed by atoms with E-state index < -0.39 is 32.5 Å². The van der Waals surface area contributed by atoms with E-state index in [1.165, 1.54) is 0 Å². The van der Waals surface area contributed by atoms with Crippen LogP contribution in [-0.4, -0.2) is 74.9 Å². The predicted molar refractivity (Wildman–Crippen MR) is 104 cm³/mol. The molecule has 10 heteroatoms. The Labute approximate surface area is 168 Å². The van der Waals surface area contributed by atoms with Crippen molar-refractivity contribution >= 4 is 19.8 Å². The number of quaternary nitrogens is 1. The van der Waals surface area contributed by atoms with Crippen LogP contribution in [0.25, 0.3) is 0 Å². The fraction of sp³-hybridized carbons (Fsp3) is 0.778. The van der Waals surface area contributed by atoms with Gasteiger partial charge in [0, 0.05) is 12.8 Å². The molecule has 0 heterocycles. The number of unbranched alkanes of at least 4 members (excludes halogenated alkanes) is 2. The van der Waals surface area contributed by atoms with Crippen LogP contribution in [0.2, 0.25) is 0 Å². The van der Waals surface area contributed by atoms with Gasteiger partial charge in [-0.1, -0.05) is 12.8 Å². The summed E-state index contributed by atoms with van der Waals surface area (Å²) >= 11 is 0. The minimum absolute atomic E-state index is 0.0191. The summed E-state index contributed by atoms with van der Waals surface area (Å²) in [6, 6.07) is 0. The summed E-state index contributed by atoms with van der Waals surface area (Å²) in [6.45, 7) is 7.10. The number of likely N-dealkylation sites (N-methyl/N-ethyl adjacent to an activating group) is 1. The fourth-order valence-corrected chi connectivity index (χ4v) is 2.54. The standard InChI is InChI=1S/C18H35NO8P/c1-6-8-10-17(20)24-14-16(27-18(21)11-9-7-2)15-26-28(22,23)25-13-12-19(3,4)5/h16H,1-2,6-15H2,3-5H3,(H,22,23)/q-1/t16-/m1/s1. The number of hydrogen-bond acceptors (Lipinski definition) is 7. The molecule has 1 N–H and O–H groups in total. The van der Waals surface area contributed by atoms with Crippen molar-refractivity contribution in [3.05, 3.63) is 13.8 Å². The molecule has 0 radical (unpaired) electrons. The first-order valence-electron chi connectivity index (χ1n) is 9.35. The molecule has 0 rings (SSSR count). The Balaban J connectivity index is 4.60. The number of phosphoric ester groups is 1. The van der Waals surface area contributed by atoms with Crippen molar-refractivity contribution in [1.82, 2.24) is 0 Å². The monoisotopic (exact) mass is 424 g/mol. The van der Waals surface area contributed by atoms with Gasteiger partial charge in [-0.15, -0.1) is 0 Å². The molecule has 0 aliphatic heterocycles. The maximum atomic E-state index is 12.0. The van der Waals surface area contributed by atoms with E-state index in [4.69, 9.17) is 18.5 Å². The molecule has 0 aliphatic carbocycles. The zero-order valence-electron chi connectivity index (χ0n) is 17.3. The van der Waals surface area contributed by atoms with E-state index in [0.717, 1.165) is 0 Å². The first kappa shape index (κ1) is 27.0. The molecular formula is C18H35NO8P-. The van der Waals surface area contributed by atoms with Gasteiger partial charge in [-0.3, -0.25) is 18.6 Å². The summed E-state index contributed by atoms with van der Waals surface area (Å²) < 4.78 is 32.6. The van der Waals surface area contributed by atoms with Gasteiger partial charge in [0.15, 0.2) is 6.10 Å². The molecule has 2 atom stereocenters. The zero-order chi connectivity index (χ0) is 21.6. The van der Waals surface area contributed by atoms with Crippen LogP contribution in [0.3, 0.4) is 0 Å². The van der Waals surface area contributed by atoms with Crippen molar-refractivity contribution in [3.8, 4) is 0 Å². The largest absolute Gasteiger partial charge is 0.472 e. The van der Waals surface area contributed by atoms with Gasteiger partial charge in [0.1, 0.15) is 19.8 Å². The summed E-state index contributed by atoms with van der Waals surface area (Å²) in [4.78, 5) is 33.2. The Morgan fingerprint density at radius 2 is 1.57 bits per heavy atom. The summed E-state index contributed by atoms with van der Waals surface area (Å²) in [5, 5.41) is 0. The Bertz CT molecular complexity index is 506. The normalized spacial score (nSPS) is 14.9. The van der Waals surface area contributed by atoms with E-state index >= 15 is 0 Å². The van der Waals surface area contributed by atoms with Gasteiger partial charge in [0.25, 0.3) is 0 Å². The maximum Gasteiger partial charge on any atom is 0.472 e. The highest BCUT2D eigenvalue weighted by atomic mass is 31.2. The van der Waals surface area contributed by atoms with E-state index in [2.05, 4.69) is 13.8 Å². The third-order valence-electron chi connectivity index (χ3n) is 3.43. The third-order valence-corrected chi connectivity index (χ3v) is 4.41. The summed E-state index contributed by atoms with van der Waals surface area (Å²) in [5.41, 5.74) is 0. The van der Waals surface area contributed by atoms with Crippen molar-refractivity contribution in [2.45, 2.75) is 44.6 Å². The molecule has 28 heavy (non-hydrogen) atoms. The highest BCUT2D eigenvalue weighted by Gasteiger charge is 2.26. The van der Waals surface area contributed by atoms with Crippen LogP contribution in [0, 0.1) is 13.8 Å². The van der Waals surface area contributed by atoms with Crippen molar-refractivity contribution in [3.63, 3.8) is 0 Å². The fourth-order valence-electron chi connectivity index (χ4n) is 1.80. The second-order valence-corrected chi connectivity index (χ2v) is 8.77. The molecule has 0 fully saturated rings. The van der Waals surface area contributed by atoms with Crippen LogP contribution in [-0.2, 0) is 32.7 Å².